The molecule has 0 saturated carbocycles. The van der Waals surface area contributed by atoms with Gasteiger partial charge in [0.15, 0.2) is 0 Å². The highest BCUT2D eigenvalue weighted by Gasteiger charge is 2.24. The Morgan fingerprint density at radius 2 is 2.00 bits per heavy atom. The number of hydrogen-bond donors (Lipinski definition) is 2. The first-order valence-electron chi connectivity index (χ1n) is 5.48. The summed E-state index contributed by atoms with van der Waals surface area (Å²) in [5.74, 6) is -0.594. The van der Waals surface area contributed by atoms with Crippen LogP contribution in [0.4, 0.5) is 0 Å². The normalized spacial score (nSPS) is 16.3. The molecule has 3 N–H and O–H groups in total. The summed E-state index contributed by atoms with van der Waals surface area (Å²) in [5.41, 5.74) is 5.33. The Kier molecular flexibility index (Phi) is 6.92. The second-order valence-corrected chi connectivity index (χ2v) is 4.06. The van der Waals surface area contributed by atoms with Crippen LogP contribution in [-0.2, 0) is 14.3 Å². The molecule has 0 fully saturated rings. The van der Waals surface area contributed by atoms with Gasteiger partial charge in [-0.25, -0.2) is 0 Å². The Morgan fingerprint density at radius 1 is 1.44 bits per heavy atom. The van der Waals surface area contributed by atoms with E-state index in [0.29, 0.717) is 0 Å². The van der Waals surface area contributed by atoms with Crippen molar-refractivity contribution in [2.24, 2.45) is 11.7 Å². The quantitative estimate of drug-likeness (QED) is 0.613. The molecular formula is C11H21NO4. The molecule has 94 valence electrons. The summed E-state index contributed by atoms with van der Waals surface area (Å²) in [6.45, 7) is 4.87. The van der Waals surface area contributed by atoms with E-state index in [2.05, 4.69) is 0 Å². The van der Waals surface area contributed by atoms with Gasteiger partial charge in [-0.2, -0.15) is 0 Å². The second kappa shape index (κ2) is 7.35. The zero-order valence-electron chi connectivity index (χ0n) is 10.1. The molecule has 0 rings (SSSR count). The number of Topliss-reactive ketones (excluding diaryl/α,β-unsaturated/α-hetero) is 1. The zero-order chi connectivity index (χ0) is 12.7. The highest BCUT2D eigenvalue weighted by atomic mass is 16.5. The molecule has 5 heteroatoms. The van der Waals surface area contributed by atoms with Crippen LogP contribution in [-0.4, -0.2) is 35.6 Å². The predicted octanol–water partition coefficient (Wildman–Crippen LogP) is 0.243. The average molecular weight is 231 g/mol. The molecule has 0 radical (unpaired) electrons. The molecule has 16 heavy (non-hydrogen) atoms. The minimum Gasteiger partial charge on any atom is -0.460 e. The smallest absolute Gasteiger partial charge is 0.325 e. The number of nitrogens with two attached hydrogens (primary N) is 1. The fourth-order valence-corrected chi connectivity index (χ4v) is 1.22. The zero-order valence-corrected chi connectivity index (χ0v) is 10.1. The number of aliphatic hydroxyl groups is 1. The van der Waals surface area contributed by atoms with Crippen molar-refractivity contribution in [3.8, 4) is 0 Å². The van der Waals surface area contributed by atoms with E-state index < -0.39 is 24.7 Å². The second-order valence-electron chi connectivity index (χ2n) is 4.06. The maximum Gasteiger partial charge on any atom is 0.325 e. The van der Waals surface area contributed by atoms with Crippen molar-refractivity contribution in [2.75, 3.05) is 6.61 Å². The number of hydrogen-bond acceptors (Lipinski definition) is 5. The van der Waals surface area contributed by atoms with Gasteiger partial charge in [0.2, 0.25) is 0 Å². The first-order valence-corrected chi connectivity index (χ1v) is 5.48. The topological polar surface area (TPSA) is 89.6 Å². The Morgan fingerprint density at radius 3 is 2.38 bits per heavy atom. The van der Waals surface area contributed by atoms with Crippen molar-refractivity contribution >= 4 is 11.8 Å². The Balaban J connectivity index is 4.41. The summed E-state index contributed by atoms with van der Waals surface area (Å²) in [4.78, 5) is 22.4. The first kappa shape index (κ1) is 15.1. The van der Waals surface area contributed by atoms with Crippen molar-refractivity contribution in [3.63, 3.8) is 0 Å². The highest BCUT2D eigenvalue weighted by Crippen LogP contribution is 2.16. The van der Waals surface area contributed by atoms with Crippen molar-refractivity contribution in [2.45, 2.75) is 45.8 Å². The lowest BCUT2D eigenvalue weighted by molar-refractivity contribution is -0.155. The standard InChI is InChI=1S/C11H21NO4/c1-4-7(2)10(5-8(3)14)16-11(15)9(12)6-13/h7,9-10,13H,4-6,12H2,1-3H3. The summed E-state index contributed by atoms with van der Waals surface area (Å²) in [7, 11) is 0. The van der Waals surface area contributed by atoms with Gasteiger partial charge in [0.25, 0.3) is 0 Å². The fraction of sp³-hybridized carbons (Fsp3) is 0.818. The van der Waals surface area contributed by atoms with Crippen molar-refractivity contribution in [1.29, 1.82) is 0 Å². The van der Waals surface area contributed by atoms with E-state index >= 15 is 0 Å². The molecule has 0 aliphatic rings. The summed E-state index contributed by atoms with van der Waals surface area (Å²) in [6.07, 6.45) is 0.547. The Bertz CT molecular complexity index is 242. The lowest BCUT2D eigenvalue weighted by atomic mass is 9.97. The molecule has 0 aliphatic heterocycles. The van der Waals surface area contributed by atoms with Gasteiger partial charge in [-0.15, -0.1) is 0 Å². The third-order valence-electron chi connectivity index (χ3n) is 2.53. The van der Waals surface area contributed by atoms with Crippen LogP contribution in [0, 0.1) is 5.92 Å². The number of carbonyl (C=O) groups is 2. The maximum atomic E-state index is 11.4. The van der Waals surface area contributed by atoms with Crippen LogP contribution >= 0.6 is 0 Å². The number of carbonyl (C=O) groups excluding carboxylic acids is 2. The lowest BCUT2D eigenvalue weighted by Crippen LogP contribution is -2.39. The van der Waals surface area contributed by atoms with Crippen LogP contribution in [0.25, 0.3) is 0 Å². The van der Waals surface area contributed by atoms with Gasteiger partial charge in [0.1, 0.15) is 17.9 Å². The van der Waals surface area contributed by atoms with Gasteiger partial charge in [-0.1, -0.05) is 20.3 Å². The summed E-state index contributed by atoms with van der Waals surface area (Å²) < 4.78 is 5.12. The molecule has 0 aromatic carbocycles. The average Bonchev–Trinajstić information content (AvgIpc) is 2.25. The van der Waals surface area contributed by atoms with Crippen molar-refractivity contribution in [3.05, 3.63) is 0 Å². The fourth-order valence-electron chi connectivity index (χ4n) is 1.22. The largest absolute Gasteiger partial charge is 0.460 e. The molecule has 5 nitrogen and oxygen atoms in total. The summed E-state index contributed by atoms with van der Waals surface area (Å²) in [6, 6.07) is -1.03. The number of rotatable bonds is 7. The van der Waals surface area contributed by atoms with E-state index in [1.54, 1.807) is 0 Å². The molecule has 3 atom stereocenters. The summed E-state index contributed by atoms with van der Waals surface area (Å²) in [5, 5.41) is 8.70. The first-order chi connectivity index (χ1) is 7.42. The van der Waals surface area contributed by atoms with Crippen molar-refractivity contribution in [1.82, 2.24) is 0 Å². The minimum atomic E-state index is -1.03. The molecule has 0 aromatic heterocycles. The molecule has 0 bridgehead atoms. The summed E-state index contributed by atoms with van der Waals surface area (Å²) >= 11 is 0. The predicted molar refractivity (Wildman–Crippen MR) is 59.7 cm³/mol. The number of ketones is 1. The van der Waals surface area contributed by atoms with Crippen LogP contribution in [0.3, 0.4) is 0 Å². The van der Waals surface area contributed by atoms with Gasteiger partial charge < -0.3 is 15.6 Å². The minimum absolute atomic E-state index is 0.0318. The van der Waals surface area contributed by atoms with Gasteiger partial charge in [-0.3, -0.25) is 9.59 Å². The van der Waals surface area contributed by atoms with E-state index in [-0.39, 0.29) is 18.1 Å². The third-order valence-corrected chi connectivity index (χ3v) is 2.53. The van der Waals surface area contributed by atoms with E-state index in [1.807, 2.05) is 13.8 Å². The van der Waals surface area contributed by atoms with Gasteiger partial charge in [-0.05, 0) is 12.8 Å². The van der Waals surface area contributed by atoms with Gasteiger partial charge in [0, 0.05) is 6.42 Å². The van der Waals surface area contributed by atoms with E-state index in [4.69, 9.17) is 15.6 Å². The maximum absolute atomic E-state index is 11.4. The van der Waals surface area contributed by atoms with Crippen LogP contribution in [0.2, 0.25) is 0 Å². The molecule has 0 heterocycles. The Labute approximate surface area is 96.0 Å². The number of aliphatic hydroxyl groups excluding tert-OH is 1. The molecule has 0 aromatic rings. The number of ether oxygens (including phenoxy) is 1. The molecule has 0 amide bonds. The highest BCUT2D eigenvalue weighted by molar-refractivity contribution is 5.78. The van der Waals surface area contributed by atoms with Gasteiger partial charge >= 0.3 is 5.97 Å². The van der Waals surface area contributed by atoms with Crippen LogP contribution in [0.1, 0.15) is 33.6 Å². The molecule has 0 saturated heterocycles. The molecule has 0 spiro atoms. The Hall–Kier alpha value is -0.940. The van der Waals surface area contributed by atoms with Crippen LogP contribution < -0.4 is 5.73 Å². The lowest BCUT2D eigenvalue weighted by Gasteiger charge is -2.23. The van der Waals surface area contributed by atoms with Crippen LogP contribution in [0.15, 0.2) is 0 Å². The molecular weight excluding hydrogens is 210 g/mol. The van der Waals surface area contributed by atoms with E-state index in [9.17, 15) is 9.59 Å². The van der Waals surface area contributed by atoms with E-state index in [0.717, 1.165) is 6.42 Å². The third kappa shape index (κ3) is 5.23. The van der Waals surface area contributed by atoms with Gasteiger partial charge in [0.05, 0.1) is 6.61 Å². The van der Waals surface area contributed by atoms with Crippen molar-refractivity contribution < 1.29 is 19.4 Å². The molecule has 3 unspecified atom stereocenters. The van der Waals surface area contributed by atoms with Crippen LogP contribution in [0.5, 0.6) is 0 Å². The van der Waals surface area contributed by atoms with E-state index in [1.165, 1.54) is 6.92 Å². The number of esters is 1. The SMILES string of the molecule is CCC(C)C(CC(C)=O)OC(=O)C(N)CO. The molecule has 0 aliphatic carbocycles. The monoisotopic (exact) mass is 231 g/mol.